The molecule has 2 aliphatic rings. The van der Waals surface area contributed by atoms with Gasteiger partial charge in [-0.1, -0.05) is 49.0 Å². The monoisotopic (exact) mass is 267 g/mol. The molecule has 2 heteroatoms. The van der Waals surface area contributed by atoms with Crippen LogP contribution in [-0.2, 0) is 0 Å². The van der Waals surface area contributed by atoms with Crippen molar-refractivity contribution in [1.29, 1.82) is 0 Å². The van der Waals surface area contributed by atoms with Gasteiger partial charge in [-0.2, -0.15) is 0 Å². The Labute approximate surface area is 124 Å². The van der Waals surface area contributed by atoms with Gasteiger partial charge in [0.15, 0.2) is 7.28 Å². The Morgan fingerprint density at radius 1 is 0.950 bits per heavy atom. The van der Waals surface area contributed by atoms with Crippen molar-refractivity contribution in [2.45, 2.75) is 52.6 Å². The summed E-state index contributed by atoms with van der Waals surface area (Å²) in [6.07, 6.45) is 0. The van der Waals surface area contributed by atoms with Crippen molar-refractivity contribution < 1.29 is 0 Å². The summed E-state index contributed by atoms with van der Waals surface area (Å²) in [6, 6.07) is 8.97. The van der Waals surface area contributed by atoms with Crippen LogP contribution in [0.2, 0.25) is 0 Å². The van der Waals surface area contributed by atoms with Crippen LogP contribution in [0.4, 0.5) is 0 Å². The third-order valence-corrected chi connectivity index (χ3v) is 6.53. The van der Waals surface area contributed by atoms with Gasteiger partial charge >= 0.3 is 0 Å². The summed E-state index contributed by atoms with van der Waals surface area (Å²) >= 11 is 0. The third-order valence-electron chi connectivity index (χ3n) is 6.53. The van der Waals surface area contributed by atoms with Gasteiger partial charge < -0.3 is 0 Å². The highest BCUT2D eigenvalue weighted by atomic mass is 15.2. The highest BCUT2D eigenvalue weighted by molar-refractivity contribution is 6.66. The van der Waals surface area contributed by atoms with Crippen molar-refractivity contribution >= 4 is 18.3 Å². The van der Waals surface area contributed by atoms with E-state index in [1.807, 2.05) is 0 Å². The van der Waals surface area contributed by atoms with Gasteiger partial charge in [0.1, 0.15) is 0 Å². The second-order valence-electron chi connectivity index (χ2n) is 7.99. The van der Waals surface area contributed by atoms with Gasteiger partial charge in [0.25, 0.3) is 0 Å². The fourth-order valence-corrected chi connectivity index (χ4v) is 4.22. The van der Waals surface area contributed by atoms with E-state index in [1.165, 1.54) is 11.0 Å². The van der Waals surface area contributed by atoms with Crippen LogP contribution in [0.3, 0.4) is 0 Å². The molecule has 1 aromatic carbocycles. The van der Waals surface area contributed by atoms with E-state index in [9.17, 15) is 0 Å². The molecular weight excluding hydrogens is 241 g/mol. The molecule has 0 aliphatic carbocycles. The molecule has 0 aromatic heterocycles. The van der Waals surface area contributed by atoms with E-state index in [4.69, 9.17) is 0 Å². The molecule has 2 heterocycles. The standard InChI is InChI=1S/C18H26BN/c1-16(2)14-12-10-8-9-11-13(12)19-15(14)17(3,4)20(7)18(16,5)6/h8-11,19H,1-7H3. The summed E-state index contributed by atoms with van der Waals surface area (Å²) in [5.41, 5.74) is 6.61. The molecule has 106 valence electrons. The minimum atomic E-state index is 0.118. The number of benzene rings is 1. The van der Waals surface area contributed by atoms with Gasteiger partial charge in [0.2, 0.25) is 0 Å². The smallest absolute Gasteiger partial charge is 0.190 e. The summed E-state index contributed by atoms with van der Waals surface area (Å²) in [6.45, 7) is 14.4. The van der Waals surface area contributed by atoms with E-state index in [-0.39, 0.29) is 16.5 Å². The van der Waals surface area contributed by atoms with Gasteiger partial charge in [-0.3, -0.25) is 4.90 Å². The van der Waals surface area contributed by atoms with Gasteiger partial charge in [-0.05, 0) is 45.9 Å². The predicted molar refractivity (Wildman–Crippen MR) is 89.8 cm³/mol. The fourth-order valence-electron chi connectivity index (χ4n) is 4.22. The second-order valence-corrected chi connectivity index (χ2v) is 7.99. The molecule has 20 heavy (non-hydrogen) atoms. The van der Waals surface area contributed by atoms with E-state index in [1.54, 1.807) is 11.0 Å². The minimum Gasteiger partial charge on any atom is -0.292 e. The maximum Gasteiger partial charge on any atom is 0.190 e. The van der Waals surface area contributed by atoms with E-state index >= 15 is 0 Å². The van der Waals surface area contributed by atoms with Crippen LogP contribution < -0.4 is 5.46 Å². The Morgan fingerprint density at radius 3 is 2.20 bits per heavy atom. The zero-order valence-corrected chi connectivity index (χ0v) is 14.0. The topological polar surface area (TPSA) is 3.24 Å². The van der Waals surface area contributed by atoms with Crippen LogP contribution in [0.1, 0.15) is 47.1 Å². The fraction of sp³-hybridized carbons (Fsp3) is 0.556. The highest BCUT2D eigenvalue weighted by Gasteiger charge is 2.55. The molecule has 0 saturated carbocycles. The quantitative estimate of drug-likeness (QED) is 0.653. The zero-order chi connectivity index (χ0) is 14.9. The van der Waals surface area contributed by atoms with Gasteiger partial charge in [-0.25, -0.2) is 0 Å². The first-order valence-corrected chi connectivity index (χ1v) is 7.68. The van der Waals surface area contributed by atoms with Crippen LogP contribution in [-0.4, -0.2) is 30.3 Å². The molecule has 1 nitrogen and oxygen atoms in total. The Balaban J connectivity index is 2.32. The van der Waals surface area contributed by atoms with E-state index < -0.39 is 0 Å². The van der Waals surface area contributed by atoms with Crippen LogP contribution in [0.25, 0.3) is 5.57 Å². The van der Waals surface area contributed by atoms with Gasteiger partial charge in [0.05, 0.1) is 0 Å². The third kappa shape index (κ3) is 1.44. The average Bonchev–Trinajstić information content (AvgIpc) is 2.77. The number of fused-ring (bicyclic) bond motifs is 2. The molecule has 0 atom stereocenters. The van der Waals surface area contributed by atoms with Crippen molar-refractivity contribution in [2.24, 2.45) is 5.41 Å². The first kappa shape index (κ1) is 13.9. The van der Waals surface area contributed by atoms with Crippen LogP contribution in [0.15, 0.2) is 29.7 Å². The van der Waals surface area contributed by atoms with Crippen LogP contribution in [0, 0.1) is 5.41 Å². The molecule has 1 aromatic rings. The molecule has 0 bridgehead atoms. The second kappa shape index (κ2) is 3.79. The van der Waals surface area contributed by atoms with E-state index in [0.717, 1.165) is 7.28 Å². The summed E-state index contributed by atoms with van der Waals surface area (Å²) in [5, 5.41) is 0. The van der Waals surface area contributed by atoms with E-state index in [2.05, 4.69) is 77.8 Å². The number of rotatable bonds is 0. The molecule has 0 fully saturated rings. The molecule has 2 aliphatic heterocycles. The summed E-state index contributed by atoms with van der Waals surface area (Å²) in [5.74, 6) is 0. The first-order valence-electron chi connectivity index (χ1n) is 7.68. The molecular formula is C18H26BN. The molecule has 0 amide bonds. The maximum atomic E-state index is 2.57. The molecule has 0 radical (unpaired) electrons. The van der Waals surface area contributed by atoms with Gasteiger partial charge in [-0.15, -0.1) is 0 Å². The van der Waals surface area contributed by atoms with Crippen molar-refractivity contribution in [3.63, 3.8) is 0 Å². The number of hydrogen-bond donors (Lipinski definition) is 0. The van der Waals surface area contributed by atoms with E-state index in [0.29, 0.717) is 0 Å². The van der Waals surface area contributed by atoms with Crippen molar-refractivity contribution in [3.8, 4) is 0 Å². The van der Waals surface area contributed by atoms with Crippen LogP contribution in [0.5, 0.6) is 0 Å². The molecule has 0 saturated heterocycles. The summed E-state index contributed by atoms with van der Waals surface area (Å²) in [7, 11) is 3.40. The van der Waals surface area contributed by atoms with Gasteiger partial charge in [0, 0.05) is 16.5 Å². The lowest BCUT2D eigenvalue weighted by Gasteiger charge is -2.60. The minimum absolute atomic E-state index is 0.118. The lowest BCUT2D eigenvalue weighted by molar-refractivity contribution is -0.00299. The lowest BCUT2D eigenvalue weighted by atomic mass is 9.54. The number of nitrogens with zero attached hydrogens (tertiary/aromatic N) is 1. The summed E-state index contributed by atoms with van der Waals surface area (Å²) < 4.78 is 0. The predicted octanol–water partition coefficient (Wildman–Crippen LogP) is 3.00. The molecule has 0 spiro atoms. The summed E-state index contributed by atoms with van der Waals surface area (Å²) in [4.78, 5) is 2.57. The largest absolute Gasteiger partial charge is 0.292 e. The average molecular weight is 267 g/mol. The maximum absolute atomic E-state index is 2.57. The zero-order valence-electron chi connectivity index (χ0n) is 14.0. The van der Waals surface area contributed by atoms with Crippen molar-refractivity contribution in [1.82, 2.24) is 4.90 Å². The van der Waals surface area contributed by atoms with Crippen molar-refractivity contribution in [3.05, 3.63) is 35.3 Å². The Hall–Kier alpha value is -1.02. The highest BCUT2D eigenvalue weighted by Crippen LogP contribution is 2.56. The number of hydrogen-bond acceptors (Lipinski definition) is 1. The SMILES string of the molecule is CN1C(C)(C)C2=C(c3ccccc3B2)C(C)(C)C1(C)C. The number of likely N-dealkylation sites (N-methyl/N-ethyl adjacent to an activating group) is 1. The molecule has 0 unspecified atom stereocenters. The molecule has 0 N–H and O–H groups in total. The first-order chi connectivity index (χ1) is 9.12. The molecule has 3 rings (SSSR count). The Bertz CT molecular complexity index is 608. The Kier molecular flexibility index (Phi) is 2.64. The van der Waals surface area contributed by atoms with Crippen molar-refractivity contribution in [2.75, 3.05) is 7.05 Å². The lowest BCUT2D eigenvalue weighted by Crippen LogP contribution is -2.64. The van der Waals surface area contributed by atoms with Crippen LogP contribution >= 0.6 is 0 Å². The Morgan fingerprint density at radius 2 is 1.55 bits per heavy atom. The normalized spacial score (nSPS) is 25.9.